The zero-order valence-electron chi connectivity index (χ0n) is 15.0. The molecule has 1 aliphatic carbocycles. The predicted molar refractivity (Wildman–Crippen MR) is 98.3 cm³/mol. The molecule has 0 unspecified atom stereocenters. The van der Waals surface area contributed by atoms with Crippen LogP contribution in [0.2, 0.25) is 0 Å². The highest BCUT2D eigenvalue weighted by Gasteiger charge is 2.62. The van der Waals surface area contributed by atoms with Crippen LogP contribution in [0.1, 0.15) is 43.7 Å². The summed E-state index contributed by atoms with van der Waals surface area (Å²) in [6.45, 7) is 0. The van der Waals surface area contributed by atoms with Gasteiger partial charge in [-0.2, -0.15) is 0 Å². The number of fused-ring (bicyclic) bond motifs is 5. The molecule has 1 saturated carbocycles. The van der Waals surface area contributed by atoms with E-state index in [-0.39, 0.29) is 35.6 Å². The number of aromatic nitrogens is 2. The third-order valence-electron chi connectivity index (χ3n) is 7.73. The average molecular weight is 365 g/mol. The number of carboxylic acid groups (broad SMARTS) is 1. The molecule has 1 amide bonds. The molecule has 6 atom stereocenters. The number of aliphatic hydroxyl groups is 1. The summed E-state index contributed by atoms with van der Waals surface area (Å²) in [5.74, 6) is 0.164. The van der Waals surface area contributed by atoms with Crippen LogP contribution in [0.3, 0.4) is 0 Å². The smallest absolute Gasteiger partial charge is 0.407 e. The first-order valence-electron chi connectivity index (χ1n) is 9.89. The second-order valence-corrected chi connectivity index (χ2v) is 8.88. The largest absolute Gasteiger partial charge is 0.465 e. The van der Waals surface area contributed by atoms with Crippen molar-refractivity contribution in [3.8, 4) is 11.3 Å². The van der Waals surface area contributed by atoms with Crippen LogP contribution in [0.25, 0.3) is 11.3 Å². The number of benzene rings is 1. The molecule has 1 aromatic heterocycles. The van der Waals surface area contributed by atoms with E-state index >= 15 is 0 Å². The van der Waals surface area contributed by atoms with E-state index in [1.807, 2.05) is 12.5 Å². The molecule has 4 heterocycles. The fraction of sp³-hybridized carbons (Fsp3) is 0.524. The van der Waals surface area contributed by atoms with Gasteiger partial charge in [0.1, 0.15) is 0 Å². The van der Waals surface area contributed by atoms with Gasteiger partial charge in [-0.25, -0.2) is 9.78 Å². The number of hydrogen-bond donors (Lipinski definition) is 2. The molecule has 0 radical (unpaired) electrons. The molecule has 6 heteroatoms. The topological polar surface area (TPSA) is 78.6 Å². The van der Waals surface area contributed by atoms with Crippen molar-refractivity contribution in [3.63, 3.8) is 0 Å². The molecule has 27 heavy (non-hydrogen) atoms. The Morgan fingerprint density at radius 1 is 1.15 bits per heavy atom. The lowest BCUT2D eigenvalue weighted by Gasteiger charge is -2.59. The van der Waals surface area contributed by atoms with Crippen molar-refractivity contribution >= 4 is 6.09 Å². The molecule has 3 fully saturated rings. The zero-order valence-corrected chi connectivity index (χ0v) is 15.0. The van der Waals surface area contributed by atoms with E-state index in [9.17, 15) is 15.0 Å². The molecular formula is C21H23N3O3. The number of carbonyl (C=O) groups is 1. The molecule has 1 aromatic carbocycles. The Morgan fingerprint density at radius 2 is 1.89 bits per heavy atom. The van der Waals surface area contributed by atoms with Gasteiger partial charge in [0.25, 0.3) is 0 Å². The lowest BCUT2D eigenvalue weighted by molar-refractivity contribution is -0.166. The standard InChI is InChI=1S/C21H23N3O3/c25-19-16(9-21(19)7-12-5-6-13(8-21)24(12)20(26)27)18-15-4-2-1-3-14(15)17-10-22-11-23(17)18/h1-4,10-13,16,18-19,25H,5-9H2,(H,26,27)/t12-,13+,16-,18-,19-,21+/m0/s1. The summed E-state index contributed by atoms with van der Waals surface area (Å²) in [4.78, 5) is 17.6. The summed E-state index contributed by atoms with van der Waals surface area (Å²) in [6.07, 6.45) is 7.06. The van der Waals surface area contributed by atoms with Gasteiger partial charge in [-0.15, -0.1) is 0 Å². The van der Waals surface area contributed by atoms with Gasteiger partial charge in [0, 0.05) is 29.0 Å². The first-order valence-corrected chi connectivity index (χ1v) is 9.89. The second kappa shape index (κ2) is 5.13. The summed E-state index contributed by atoms with van der Waals surface area (Å²) >= 11 is 0. The third-order valence-corrected chi connectivity index (χ3v) is 7.73. The predicted octanol–water partition coefficient (Wildman–Crippen LogP) is 3.12. The van der Waals surface area contributed by atoms with Gasteiger partial charge in [-0.1, -0.05) is 24.3 Å². The SMILES string of the molecule is O=C(O)N1[C@@H]2CC[C@H]1C[C@]1(C[C@@H]([C@@H]3c4ccccc4-c4cncn43)[C@@H]1O)C2. The molecule has 2 N–H and O–H groups in total. The summed E-state index contributed by atoms with van der Waals surface area (Å²) in [6, 6.07) is 8.72. The molecule has 6 rings (SSSR count). The molecule has 6 nitrogen and oxygen atoms in total. The Labute approximate surface area is 157 Å². The first kappa shape index (κ1) is 15.7. The average Bonchev–Trinajstić information content (AvgIpc) is 3.32. The van der Waals surface area contributed by atoms with Crippen LogP contribution in [0.4, 0.5) is 4.79 Å². The number of amides is 1. The minimum Gasteiger partial charge on any atom is -0.465 e. The molecule has 3 aliphatic heterocycles. The van der Waals surface area contributed by atoms with Gasteiger partial charge in [0.15, 0.2) is 0 Å². The van der Waals surface area contributed by atoms with Crippen LogP contribution in [0.15, 0.2) is 36.8 Å². The Balaban J connectivity index is 1.31. The fourth-order valence-corrected chi connectivity index (χ4v) is 6.69. The Bertz CT molecular complexity index is 924. The molecule has 4 aliphatic rings. The number of aliphatic hydroxyl groups excluding tert-OH is 1. The Kier molecular flexibility index (Phi) is 2.98. The van der Waals surface area contributed by atoms with Gasteiger partial charge in [0.05, 0.1) is 30.4 Å². The lowest BCUT2D eigenvalue weighted by atomic mass is 9.51. The van der Waals surface area contributed by atoms with Crippen molar-refractivity contribution in [3.05, 3.63) is 42.4 Å². The van der Waals surface area contributed by atoms with Crippen LogP contribution < -0.4 is 0 Å². The van der Waals surface area contributed by atoms with Crippen molar-refractivity contribution in [1.82, 2.24) is 14.5 Å². The van der Waals surface area contributed by atoms with E-state index in [1.165, 1.54) is 11.1 Å². The maximum atomic E-state index is 11.6. The fourth-order valence-electron chi connectivity index (χ4n) is 6.69. The number of hydrogen-bond acceptors (Lipinski definition) is 3. The number of imidazole rings is 1. The summed E-state index contributed by atoms with van der Waals surface area (Å²) in [5, 5.41) is 20.8. The Hall–Kier alpha value is -2.34. The van der Waals surface area contributed by atoms with Gasteiger partial charge in [-0.3, -0.25) is 0 Å². The summed E-state index contributed by atoms with van der Waals surface area (Å²) in [5.41, 5.74) is 3.51. The zero-order chi connectivity index (χ0) is 18.3. The molecule has 140 valence electrons. The van der Waals surface area contributed by atoms with Crippen LogP contribution in [-0.2, 0) is 0 Å². The van der Waals surface area contributed by atoms with Crippen molar-refractivity contribution < 1.29 is 15.0 Å². The van der Waals surface area contributed by atoms with E-state index < -0.39 is 6.09 Å². The van der Waals surface area contributed by atoms with Crippen molar-refractivity contribution in [1.29, 1.82) is 0 Å². The van der Waals surface area contributed by atoms with E-state index in [0.29, 0.717) is 0 Å². The highest BCUT2D eigenvalue weighted by atomic mass is 16.4. The molecule has 2 aromatic rings. The van der Waals surface area contributed by atoms with E-state index in [4.69, 9.17) is 0 Å². The summed E-state index contributed by atoms with van der Waals surface area (Å²) < 4.78 is 2.21. The number of piperidine rings is 1. The molecule has 2 bridgehead atoms. The quantitative estimate of drug-likeness (QED) is 0.814. The van der Waals surface area contributed by atoms with Crippen LogP contribution in [0, 0.1) is 11.3 Å². The summed E-state index contributed by atoms with van der Waals surface area (Å²) in [7, 11) is 0. The van der Waals surface area contributed by atoms with Crippen molar-refractivity contribution in [2.24, 2.45) is 11.3 Å². The minimum absolute atomic E-state index is 0.0801. The van der Waals surface area contributed by atoms with E-state index in [0.717, 1.165) is 37.8 Å². The van der Waals surface area contributed by atoms with E-state index in [2.05, 4.69) is 33.8 Å². The molecule has 2 saturated heterocycles. The van der Waals surface area contributed by atoms with Gasteiger partial charge >= 0.3 is 6.09 Å². The van der Waals surface area contributed by atoms with Gasteiger partial charge < -0.3 is 19.7 Å². The monoisotopic (exact) mass is 365 g/mol. The maximum Gasteiger partial charge on any atom is 0.407 e. The molecular weight excluding hydrogens is 342 g/mol. The minimum atomic E-state index is -0.796. The van der Waals surface area contributed by atoms with Gasteiger partial charge in [-0.05, 0) is 37.7 Å². The van der Waals surface area contributed by atoms with Crippen molar-refractivity contribution in [2.45, 2.75) is 56.3 Å². The Morgan fingerprint density at radius 3 is 2.59 bits per heavy atom. The van der Waals surface area contributed by atoms with Crippen LogP contribution in [0.5, 0.6) is 0 Å². The van der Waals surface area contributed by atoms with E-state index in [1.54, 1.807) is 4.90 Å². The molecule has 1 spiro atoms. The maximum absolute atomic E-state index is 11.6. The highest BCUT2D eigenvalue weighted by Crippen LogP contribution is 2.62. The third kappa shape index (κ3) is 1.89. The van der Waals surface area contributed by atoms with Crippen LogP contribution in [-0.4, -0.2) is 48.9 Å². The first-order chi connectivity index (χ1) is 13.1. The van der Waals surface area contributed by atoms with Crippen molar-refractivity contribution in [2.75, 3.05) is 0 Å². The van der Waals surface area contributed by atoms with Crippen LogP contribution >= 0.6 is 0 Å². The van der Waals surface area contributed by atoms with Gasteiger partial charge in [0.2, 0.25) is 0 Å². The number of rotatable bonds is 1. The highest BCUT2D eigenvalue weighted by molar-refractivity contribution is 5.69. The second-order valence-electron chi connectivity index (χ2n) is 8.88. The normalized spacial score (nSPS) is 38.6. The lowest BCUT2D eigenvalue weighted by Crippen LogP contribution is -2.62. The number of nitrogens with zero attached hydrogens (tertiary/aromatic N) is 3.